The van der Waals surface area contributed by atoms with E-state index in [4.69, 9.17) is 0 Å². The normalized spacial score (nSPS) is 10.6. The quantitative estimate of drug-likeness (QED) is 0.766. The highest BCUT2D eigenvalue weighted by atomic mass is 32.1. The molecule has 0 fully saturated rings. The number of hydrogen-bond donors (Lipinski definition) is 1. The molecule has 14 heavy (non-hydrogen) atoms. The molecule has 0 amide bonds. The lowest BCUT2D eigenvalue weighted by Crippen LogP contribution is -2.13. The van der Waals surface area contributed by atoms with Gasteiger partial charge >= 0.3 is 0 Å². The van der Waals surface area contributed by atoms with Crippen LogP contribution < -0.4 is 5.32 Å². The molecular weight excluding hydrogens is 200 g/mol. The summed E-state index contributed by atoms with van der Waals surface area (Å²) in [6.45, 7) is 1.43. The summed E-state index contributed by atoms with van der Waals surface area (Å²) in [5.74, 6) is 0.706. The van der Waals surface area contributed by atoms with Crippen LogP contribution in [0.1, 0.15) is 10.7 Å². The smallest absolute Gasteiger partial charge is 0.188 e. The van der Waals surface area contributed by atoms with E-state index in [-0.39, 0.29) is 0 Å². The summed E-state index contributed by atoms with van der Waals surface area (Å²) in [5.41, 5.74) is 1.82. The lowest BCUT2D eigenvalue weighted by molar-refractivity contribution is 0.620. The Balaban J connectivity index is 1.78. The van der Waals surface area contributed by atoms with Crippen molar-refractivity contribution in [3.05, 3.63) is 22.4 Å². The van der Waals surface area contributed by atoms with Crippen LogP contribution in [0.25, 0.3) is 0 Å². The van der Waals surface area contributed by atoms with Crippen LogP contribution in [-0.4, -0.2) is 25.2 Å². The van der Waals surface area contributed by atoms with Crippen LogP contribution in [0.4, 0.5) is 0 Å². The van der Waals surface area contributed by atoms with Gasteiger partial charge in [-0.2, -0.15) is 4.80 Å². The molecule has 0 radical (unpaired) electrons. The summed E-state index contributed by atoms with van der Waals surface area (Å²) in [5, 5.41) is 14.9. The Kier molecular flexibility index (Phi) is 2.80. The van der Waals surface area contributed by atoms with Crippen LogP contribution in [0, 0.1) is 0 Å². The molecule has 0 aromatic carbocycles. The summed E-state index contributed by atoms with van der Waals surface area (Å²) in [6.07, 6.45) is 1.85. The second-order valence-electron chi connectivity index (χ2n) is 2.77. The Hall–Kier alpha value is -1.34. The van der Waals surface area contributed by atoms with Gasteiger partial charge in [0, 0.05) is 17.6 Å². The molecule has 7 heteroatoms. The molecule has 2 rings (SSSR count). The standard InChI is InChI=1S/C7H10N6S/c1-13-11-7(10-12-13)4-8-2-6-3-9-5-14-6/h3,5,8H,2,4H2,1H3. The third-order valence-electron chi connectivity index (χ3n) is 1.62. The minimum absolute atomic E-state index is 0.631. The minimum Gasteiger partial charge on any atom is -0.305 e. The van der Waals surface area contributed by atoms with Gasteiger partial charge < -0.3 is 5.32 Å². The number of hydrogen-bond acceptors (Lipinski definition) is 6. The second kappa shape index (κ2) is 4.25. The van der Waals surface area contributed by atoms with E-state index in [1.807, 2.05) is 11.7 Å². The first-order valence-corrected chi connectivity index (χ1v) is 5.03. The van der Waals surface area contributed by atoms with Gasteiger partial charge in [0.1, 0.15) is 0 Å². The predicted octanol–water partition coefficient (Wildman–Crippen LogP) is -0.0436. The van der Waals surface area contributed by atoms with E-state index >= 15 is 0 Å². The molecule has 0 aliphatic heterocycles. The third-order valence-corrected chi connectivity index (χ3v) is 2.40. The maximum atomic E-state index is 4.05. The van der Waals surface area contributed by atoms with Crippen LogP contribution >= 0.6 is 11.3 Å². The van der Waals surface area contributed by atoms with Crippen molar-refractivity contribution in [2.75, 3.05) is 0 Å². The Morgan fingerprint density at radius 3 is 3.07 bits per heavy atom. The molecule has 0 spiro atoms. The summed E-state index contributed by atoms with van der Waals surface area (Å²) in [6, 6.07) is 0. The average molecular weight is 210 g/mol. The Bertz CT molecular complexity index is 381. The number of rotatable bonds is 4. The molecular formula is C7H10N6S. The Morgan fingerprint density at radius 1 is 1.50 bits per heavy atom. The van der Waals surface area contributed by atoms with Gasteiger partial charge in [-0.25, -0.2) is 0 Å². The summed E-state index contributed by atoms with van der Waals surface area (Å²) >= 11 is 1.63. The van der Waals surface area contributed by atoms with E-state index in [0.717, 1.165) is 6.54 Å². The van der Waals surface area contributed by atoms with E-state index < -0.39 is 0 Å². The molecule has 0 atom stereocenters. The zero-order valence-corrected chi connectivity index (χ0v) is 8.53. The molecule has 2 heterocycles. The van der Waals surface area contributed by atoms with Crippen molar-refractivity contribution in [1.82, 2.24) is 30.5 Å². The van der Waals surface area contributed by atoms with Crippen molar-refractivity contribution in [2.45, 2.75) is 13.1 Å². The van der Waals surface area contributed by atoms with Crippen LogP contribution in [-0.2, 0) is 20.1 Å². The summed E-state index contributed by atoms with van der Waals surface area (Å²) in [4.78, 5) is 6.63. The Morgan fingerprint density at radius 2 is 2.43 bits per heavy atom. The molecule has 0 unspecified atom stereocenters. The van der Waals surface area contributed by atoms with Crippen LogP contribution in [0.5, 0.6) is 0 Å². The summed E-state index contributed by atoms with van der Waals surface area (Å²) < 4.78 is 0. The molecule has 0 saturated heterocycles. The molecule has 2 aromatic rings. The molecule has 74 valence electrons. The number of thiazole rings is 1. The maximum absolute atomic E-state index is 4.05. The molecule has 0 saturated carbocycles. The van der Waals surface area contributed by atoms with Crippen molar-refractivity contribution in [1.29, 1.82) is 0 Å². The first kappa shape index (κ1) is 9.22. The Labute approximate surface area is 85.0 Å². The van der Waals surface area contributed by atoms with E-state index in [2.05, 4.69) is 25.7 Å². The maximum Gasteiger partial charge on any atom is 0.188 e. The number of nitrogens with zero attached hydrogens (tertiary/aromatic N) is 5. The fourth-order valence-electron chi connectivity index (χ4n) is 1.02. The molecule has 1 N–H and O–H groups in total. The molecule has 6 nitrogen and oxygen atoms in total. The highest BCUT2D eigenvalue weighted by molar-refractivity contribution is 7.09. The van der Waals surface area contributed by atoms with E-state index in [1.54, 1.807) is 18.4 Å². The average Bonchev–Trinajstić information content (AvgIpc) is 2.77. The van der Waals surface area contributed by atoms with Crippen molar-refractivity contribution in [2.24, 2.45) is 7.05 Å². The zero-order valence-electron chi connectivity index (χ0n) is 7.71. The largest absolute Gasteiger partial charge is 0.305 e. The number of aryl methyl sites for hydroxylation is 1. The van der Waals surface area contributed by atoms with E-state index in [1.165, 1.54) is 9.67 Å². The minimum atomic E-state index is 0.631. The van der Waals surface area contributed by atoms with Gasteiger partial charge in [0.15, 0.2) is 5.82 Å². The fourth-order valence-corrected chi connectivity index (χ4v) is 1.59. The van der Waals surface area contributed by atoms with Crippen LogP contribution in [0.15, 0.2) is 11.7 Å². The van der Waals surface area contributed by atoms with Gasteiger partial charge in [-0.3, -0.25) is 4.98 Å². The molecule has 2 aromatic heterocycles. The monoisotopic (exact) mass is 210 g/mol. The second-order valence-corrected chi connectivity index (χ2v) is 3.74. The van der Waals surface area contributed by atoms with Crippen LogP contribution in [0.3, 0.4) is 0 Å². The highest BCUT2D eigenvalue weighted by Crippen LogP contribution is 2.04. The number of tetrazole rings is 1. The molecule has 0 aliphatic rings. The first-order valence-electron chi connectivity index (χ1n) is 4.15. The van der Waals surface area contributed by atoms with Gasteiger partial charge in [0.05, 0.1) is 19.1 Å². The van der Waals surface area contributed by atoms with Gasteiger partial charge in [0.2, 0.25) is 0 Å². The van der Waals surface area contributed by atoms with E-state index in [0.29, 0.717) is 12.4 Å². The van der Waals surface area contributed by atoms with Crippen molar-refractivity contribution >= 4 is 11.3 Å². The van der Waals surface area contributed by atoms with Crippen molar-refractivity contribution in [3.8, 4) is 0 Å². The van der Waals surface area contributed by atoms with Crippen LogP contribution in [0.2, 0.25) is 0 Å². The van der Waals surface area contributed by atoms with Gasteiger partial charge in [-0.05, 0) is 5.21 Å². The zero-order chi connectivity index (χ0) is 9.80. The number of aromatic nitrogens is 5. The van der Waals surface area contributed by atoms with Gasteiger partial charge in [-0.15, -0.1) is 21.5 Å². The first-order chi connectivity index (χ1) is 6.84. The fraction of sp³-hybridized carbons (Fsp3) is 0.429. The lowest BCUT2D eigenvalue weighted by Gasteiger charge is -1.96. The number of nitrogens with one attached hydrogen (secondary N) is 1. The summed E-state index contributed by atoms with van der Waals surface area (Å²) in [7, 11) is 1.75. The lowest BCUT2D eigenvalue weighted by atomic mass is 10.5. The van der Waals surface area contributed by atoms with Gasteiger partial charge in [0.25, 0.3) is 0 Å². The topological polar surface area (TPSA) is 68.5 Å². The van der Waals surface area contributed by atoms with E-state index in [9.17, 15) is 0 Å². The molecule has 0 aliphatic carbocycles. The van der Waals surface area contributed by atoms with Gasteiger partial charge in [-0.1, -0.05) is 0 Å². The highest BCUT2D eigenvalue weighted by Gasteiger charge is 1.99. The van der Waals surface area contributed by atoms with Crippen molar-refractivity contribution < 1.29 is 0 Å². The predicted molar refractivity (Wildman–Crippen MR) is 51.5 cm³/mol. The molecule has 0 bridgehead atoms. The third kappa shape index (κ3) is 2.33. The van der Waals surface area contributed by atoms with Crippen molar-refractivity contribution in [3.63, 3.8) is 0 Å². The SMILES string of the molecule is Cn1nnc(CNCc2cncs2)n1.